The Kier molecular flexibility index (Phi) is 5.08. The van der Waals surface area contributed by atoms with E-state index in [9.17, 15) is 14.7 Å². The minimum Gasteiger partial charge on any atom is -0.497 e. The van der Waals surface area contributed by atoms with Crippen molar-refractivity contribution >= 4 is 22.8 Å². The Bertz CT molecular complexity index is 1110. The Morgan fingerprint density at radius 1 is 1.33 bits per heavy atom. The fourth-order valence-electron chi connectivity index (χ4n) is 2.67. The number of H-pyrrole nitrogens is 1. The molecule has 0 bridgehead atoms. The molecule has 0 unspecified atom stereocenters. The Morgan fingerprint density at radius 2 is 2.04 bits per heavy atom. The smallest absolute Gasteiger partial charge is 0.329 e. The first-order valence-corrected chi connectivity index (χ1v) is 8.21. The van der Waals surface area contributed by atoms with Gasteiger partial charge in [-0.1, -0.05) is 0 Å². The molecular formula is C17H20N6O4. The first kappa shape index (κ1) is 18.4. The van der Waals surface area contributed by atoms with Crippen LogP contribution in [0, 0.1) is 0 Å². The molecule has 0 aliphatic carbocycles. The summed E-state index contributed by atoms with van der Waals surface area (Å²) < 4.78 is 7.85. The molecule has 0 amide bonds. The molecule has 10 heteroatoms. The number of benzene rings is 1. The van der Waals surface area contributed by atoms with Gasteiger partial charge in [0.25, 0.3) is 5.56 Å². The average Bonchev–Trinajstić information content (AvgIpc) is 3.04. The van der Waals surface area contributed by atoms with E-state index in [0.717, 1.165) is 11.3 Å². The first-order valence-electron chi connectivity index (χ1n) is 8.21. The van der Waals surface area contributed by atoms with Gasteiger partial charge in [0.05, 0.1) is 19.4 Å². The van der Waals surface area contributed by atoms with Gasteiger partial charge in [0, 0.05) is 13.6 Å². The maximum atomic E-state index is 12.2. The molecule has 2 aromatic heterocycles. The molecule has 2 heterocycles. The highest BCUT2D eigenvalue weighted by molar-refractivity contribution is 5.99. The van der Waals surface area contributed by atoms with Crippen LogP contribution in [0.3, 0.4) is 0 Å². The number of ether oxygens (including phenoxy) is 1. The van der Waals surface area contributed by atoms with Gasteiger partial charge in [-0.3, -0.25) is 14.3 Å². The van der Waals surface area contributed by atoms with E-state index in [1.54, 1.807) is 7.11 Å². The lowest BCUT2D eigenvalue weighted by molar-refractivity contribution is 0.278. The third-order valence-electron chi connectivity index (χ3n) is 4.16. The number of hydrogen-bond acceptors (Lipinski definition) is 7. The summed E-state index contributed by atoms with van der Waals surface area (Å²) in [5.74, 6) is 0.989. The predicted molar refractivity (Wildman–Crippen MR) is 102 cm³/mol. The lowest BCUT2D eigenvalue weighted by atomic mass is 10.1. The number of rotatable bonds is 6. The summed E-state index contributed by atoms with van der Waals surface area (Å²) in [4.78, 5) is 30.5. The molecule has 0 saturated carbocycles. The van der Waals surface area contributed by atoms with Crippen molar-refractivity contribution in [2.75, 3.05) is 19.1 Å². The van der Waals surface area contributed by atoms with Crippen LogP contribution >= 0.6 is 0 Å². The Morgan fingerprint density at radius 3 is 2.67 bits per heavy atom. The number of aliphatic hydroxyl groups is 1. The predicted octanol–water partition coefficient (Wildman–Crippen LogP) is 0.260. The quantitative estimate of drug-likeness (QED) is 0.421. The molecule has 0 atom stereocenters. The number of aliphatic hydroxyl groups excluding tert-OH is 1. The van der Waals surface area contributed by atoms with Crippen molar-refractivity contribution in [2.45, 2.75) is 13.5 Å². The monoisotopic (exact) mass is 372 g/mol. The fourth-order valence-corrected chi connectivity index (χ4v) is 2.67. The Balaban J connectivity index is 2.01. The number of methoxy groups -OCH3 is 1. The van der Waals surface area contributed by atoms with Crippen LogP contribution in [-0.4, -0.2) is 43.6 Å². The molecule has 1 aromatic carbocycles. The number of hydrogen-bond donors (Lipinski definition) is 3. The van der Waals surface area contributed by atoms with Crippen LogP contribution in [0.5, 0.6) is 5.75 Å². The van der Waals surface area contributed by atoms with Crippen LogP contribution < -0.4 is 21.4 Å². The van der Waals surface area contributed by atoms with Gasteiger partial charge in [0.1, 0.15) is 5.75 Å². The zero-order valence-electron chi connectivity index (χ0n) is 15.2. The molecule has 3 rings (SSSR count). The largest absolute Gasteiger partial charge is 0.497 e. The van der Waals surface area contributed by atoms with E-state index in [1.165, 1.54) is 16.2 Å². The lowest BCUT2D eigenvalue weighted by Gasteiger charge is -2.07. The zero-order chi connectivity index (χ0) is 19.6. The van der Waals surface area contributed by atoms with Crippen molar-refractivity contribution < 1.29 is 9.84 Å². The van der Waals surface area contributed by atoms with Gasteiger partial charge < -0.3 is 14.4 Å². The molecule has 0 aliphatic rings. The normalized spacial score (nSPS) is 11.8. The number of aryl methyl sites for hydroxylation is 1. The fraction of sp³-hybridized carbons (Fsp3) is 0.294. The maximum Gasteiger partial charge on any atom is 0.329 e. The van der Waals surface area contributed by atoms with Gasteiger partial charge in [-0.05, 0) is 36.8 Å². The van der Waals surface area contributed by atoms with Gasteiger partial charge in [-0.25, -0.2) is 10.2 Å². The number of nitrogens with zero attached hydrogens (tertiary/aromatic N) is 4. The average molecular weight is 372 g/mol. The molecule has 142 valence electrons. The summed E-state index contributed by atoms with van der Waals surface area (Å²) in [6, 6.07) is 7.38. The van der Waals surface area contributed by atoms with Gasteiger partial charge in [-0.15, -0.1) is 0 Å². The Labute approximate surface area is 153 Å². The first-order chi connectivity index (χ1) is 13.0. The molecule has 27 heavy (non-hydrogen) atoms. The molecule has 10 nitrogen and oxygen atoms in total. The van der Waals surface area contributed by atoms with Crippen molar-refractivity contribution in [1.29, 1.82) is 0 Å². The number of aromatic amines is 1. The van der Waals surface area contributed by atoms with Crippen molar-refractivity contribution in [3.05, 3.63) is 50.7 Å². The molecule has 0 radical (unpaired) electrons. The van der Waals surface area contributed by atoms with Gasteiger partial charge >= 0.3 is 5.69 Å². The summed E-state index contributed by atoms with van der Waals surface area (Å²) in [6.07, 6.45) is 0. The summed E-state index contributed by atoms with van der Waals surface area (Å²) in [6.45, 7) is 1.73. The second-order valence-electron chi connectivity index (χ2n) is 5.84. The highest BCUT2D eigenvalue weighted by Crippen LogP contribution is 2.16. The standard InChI is InChI=1S/C17H20N6O4/c1-10(11-4-6-12(27-3)7-5-11)20-21-16-18-14-13(23(16)8-9-24)15(25)19-17(26)22(14)2/h4-7,24H,8-9H2,1-3H3,(H,18,21)(H,19,25,26)/b20-10+. The second kappa shape index (κ2) is 7.46. The maximum absolute atomic E-state index is 12.2. The highest BCUT2D eigenvalue weighted by Gasteiger charge is 2.16. The van der Waals surface area contributed by atoms with E-state index in [4.69, 9.17) is 4.74 Å². The SMILES string of the molecule is COc1ccc(/C(C)=N/Nc2nc3c(c(=O)[nH]c(=O)n3C)n2CCO)cc1. The van der Waals surface area contributed by atoms with Gasteiger partial charge in [-0.2, -0.15) is 10.1 Å². The van der Waals surface area contributed by atoms with E-state index in [0.29, 0.717) is 5.71 Å². The van der Waals surface area contributed by atoms with Crippen LogP contribution in [-0.2, 0) is 13.6 Å². The molecule has 0 spiro atoms. The minimum atomic E-state index is -0.571. The molecule has 0 fully saturated rings. The van der Waals surface area contributed by atoms with Crippen LogP contribution in [0.2, 0.25) is 0 Å². The number of nitrogens with one attached hydrogen (secondary N) is 2. The third kappa shape index (κ3) is 3.47. The highest BCUT2D eigenvalue weighted by atomic mass is 16.5. The van der Waals surface area contributed by atoms with E-state index >= 15 is 0 Å². The second-order valence-corrected chi connectivity index (χ2v) is 5.84. The molecule has 0 saturated heterocycles. The van der Waals surface area contributed by atoms with Gasteiger partial charge in [0.2, 0.25) is 5.95 Å². The van der Waals surface area contributed by atoms with Gasteiger partial charge in [0.15, 0.2) is 11.2 Å². The Hall–Kier alpha value is -3.40. The number of fused-ring (bicyclic) bond motifs is 1. The van der Waals surface area contributed by atoms with Crippen LogP contribution in [0.4, 0.5) is 5.95 Å². The third-order valence-corrected chi connectivity index (χ3v) is 4.16. The topological polar surface area (TPSA) is 127 Å². The summed E-state index contributed by atoms with van der Waals surface area (Å²) in [5, 5.41) is 13.6. The van der Waals surface area contributed by atoms with E-state index in [2.05, 4.69) is 20.5 Å². The van der Waals surface area contributed by atoms with Crippen LogP contribution in [0.25, 0.3) is 11.2 Å². The number of imidazole rings is 1. The molecule has 0 aliphatic heterocycles. The molecular weight excluding hydrogens is 352 g/mol. The zero-order valence-corrected chi connectivity index (χ0v) is 15.2. The van der Waals surface area contributed by atoms with Crippen molar-refractivity contribution in [3.63, 3.8) is 0 Å². The summed E-state index contributed by atoms with van der Waals surface area (Å²) in [7, 11) is 3.10. The van der Waals surface area contributed by atoms with Crippen molar-refractivity contribution in [2.24, 2.45) is 12.1 Å². The van der Waals surface area contributed by atoms with E-state index in [1.807, 2.05) is 31.2 Å². The molecule has 3 aromatic rings. The van der Waals surface area contributed by atoms with E-state index < -0.39 is 11.2 Å². The minimum absolute atomic E-state index is 0.122. The van der Waals surface area contributed by atoms with E-state index in [-0.39, 0.29) is 30.3 Å². The number of hydrazone groups is 1. The van der Waals surface area contributed by atoms with Crippen molar-refractivity contribution in [1.82, 2.24) is 19.1 Å². The van der Waals surface area contributed by atoms with Crippen LogP contribution in [0.1, 0.15) is 12.5 Å². The number of anilines is 1. The lowest BCUT2D eigenvalue weighted by Crippen LogP contribution is -2.29. The summed E-state index contributed by atoms with van der Waals surface area (Å²) in [5.41, 5.74) is 3.63. The van der Waals surface area contributed by atoms with Crippen molar-refractivity contribution in [3.8, 4) is 5.75 Å². The number of aromatic nitrogens is 4. The summed E-state index contributed by atoms with van der Waals surface area (Å²) >= 11 is 0. The molecule has 3 N–H and O–H groups in total. The van der Waals surface area contributed by atoms with Crippen LogP contribution in [0.15, 0.2) is 39.0 Å².